The van der Waals surface area contributed by atoms with Gasteiger partial charge in [0.25, 0.3) is 0 Å². The predicted molar refractivity (Wildman–Crippen MR) is 148 cm³/mol. The third kappa shape index (κ3) is 8.30. The van der Waals surface area contributed by atoms with Gasteiger partial charge in [-0.25, -0.2) is 17.2 Å². The summed E-state index contributed by atoms with van der Waals surface area (Å²) in [6.07, 6.45) is -3.05. The van der Waals surface area contributed by atoms with Gasteiger partial charge in [0.15, 0.2) is 0 Å². The number of alkyl halides is 3. The highest BCUT2D eigenvalue weighted by atomic mass is 32.2. The summed E-state index contributed by atoms with van der Waals surface area (Å²) < 4.78 is 96.4. The number of halogens is 5. The molecule has 8 nitrogen and oxygen atoms in total. The number of rotatable bonds is 11. The fourth-order valence-corrected chi connectivity index (χ4v) is 7.32. The first kappa shape index (κ1) is 32.8. The molecule has 2 amide bonds. The van der Waals surface area contributed by atoms with E-state index in [1.165, 1.54) is 6.07 Å². The van der Waals surface area contributed by atoms with Gasteiger partial charge in [0.05, 0.1) is 16.4 Å². The van der Waals surface area contributed by atoms with Crippen LogP contribution in [0.25, 0.3) is 0 Å². The second-order valence-corrected chi connectivity index (χ2v) is 12.9. The smallest absolute Gasteiger partial charge is 0.353 e. The van der Waals surface area contributed by atoms with Gasteiger partial charge in [0.1, 0.15) is 11.6 Å². The summed E-state index contributed by atoms with van der Waals surface area (Å²) in [5.41, 5.74) is -1.00. The molecule has 236 valence electrons. The van der Waals surface area contributed by atoms with E-state index in [1.54, 1.807) is 4.90 Å². The number of likely N-dealkylation sites (tertiary alicyclic amines) is 1. The lowest BCUT2D eigenvalue weighted by Crippen LogP contribution is -2.55. The Bertz CT molecular complexity index is 1400. The third-order valence-corrected chi connectivity index (χ3v) is 9.64. The van der Waals surface area contributed by atoms with E-state index in [9.17, 15) is 40.0 Å². The zero-order chi connectivity index (χ0) is 31.4. The lowest BCUT2D eigenvalue weighted by Gasteiger charge is -2.35. The molecule has 2 aromatic carbocycles. The molecule has 2 saturated heterocycles. The van der Waals surface area contributed by atoms with Crippen molar-refractivity contribution in [3.63, 3.8) is 0 Å². The topological polar surface area (TPSA) is 98.8 Å². The molecule has 2 aromatic rings. The van der Waals surface area contributed by atoms with Crippen molar-refractivity contribution in [3.05, 3.63) is 65.2 Å². The summed E-state index contributed by atoms with van der Waals surface area (Å²) in [5, 5.41) is 6.03. The second kappa shape index (κ2) is 13.7. The number of amides is 2. The normalized spacial score (nSPS) is 20.8. The number of hydrogen-bond donors (Lipinski definition) is 2. The minimum absolute atomic E-state index is 0.00245. The lowest BCUT2D eigenvalue weighted by atomic mass is 9.97. The van der Waals surface area contributed by atoms with Crippen molar-refractivity contribution in [2.75, 3.05) is 32.7 Å². The fourth-order valence-electron chi connectivity index (χ4n) is 5.62. The van der Waals surface area contributed by atoms with Gasteiger partial charge in [-0.1, -0.05) is 25.5 Å². The van der Waals surface area contributed by atoms with E-state index in [4.69, 9.17) is 0 Å². The molecule has 2 unspecified atom stereocenters. The monoisotopic (exact) mass is 630 g/mol. The van der Waals surface area contributed by atoms with E-state index in [2.05, 4.69) is 10.6 Å². The lowest BCUT2D eigenvalue weighted by molar-refractivity contribution is -0.140. The highest BCUT2D eigenvalue weighted by Crippen LogP contribution is 2.35. The summed E-state index contributed by atoms with van der Waals surface area (Å²) in [7, 11) is -4.53. The minimum atomic E-state index is -4.87. The van der Waals surface area contributed by atoms with E-state index in [1.807, 2.05) is 6.92 Å². The molecule has 3 atom stereocenters. The van der Waals surface area contributed by atoms with Gasteiger partial charge in [-0.15, -0.1) is 0 Å². The second-order valence-electron chi connectivity index (χ2n) is 11.0. The van der Waals surface area contributed by atoms with Crippen LogP contribution in [0.1, 0.15) is 43.7 Å². The third-order valence-electron chi connectivity index (χ3n) is 7.72. The molecule has 0 bridgehead atoms. The highest BCUT2D eigenvalue weighted by molar-refractivity contribution is 7.89. The number of carbonyl (C=O) groups is 2. The molecular weight excluding hydrogens is 595 g/mol. The number of nitrogens with one attached hydrogen (secondary N) is 2. The Labute approximate surface area is 247 Å². The van der Waals surface area contributed by atoms with Crippen LogP contribution in [0, 0.1) is 17.6 Å². The molecule has 4 rings (SSSR count). The van der Waals surface area contributed by atoms with Crippen molar-refractivity contribution in [2.24, 2.45) is 5.92 Å². The first-order valence-corrected chi connectivity index (χ1v) is 15.6. The zero-order valence-corrected chi connectivity index (χ0v) is 24.5. The molecule has 0 saturated carbocycles. The number of nitrogens with zero attached hydrogens (tertiary/aromatic N) is 2. The van der Waals surface area contributed by atoms with Gasteiger partial charge >= 0.3 is 6.18 Å². The number of benzene rings is 2. The Morgan fingerprint density at radius 2 is 1.81 bits per heavy atom. The van der Waals surface area contributed by atoms with Crippen molar-refractivity contribution in [3.8, 4) is 0 Å². The molecule has 43 heavy (non-hydrogen) atoms. The largest absolute Gasteiger partial charge is 0.417 e. The summed E-state index contributed by atoms with van der Waals surface area (Å²) in [5.74, 6) is -2.76. The van der Waals surface area contributed by atoms with Crippen LogP contribution in [-0.4, -0.2) is 74.2 Å². The van der Waals surface area contributed by atoms with Gasteiger partial charge < -0.3 is 15.5 Å². The van der Waals surface area contributed by atoms with E-state index in [0.29, 0.717) is 12.6 Å². The van der Waals surface area contributed by atoms with Crippen molar-refractivity contribution < 1.29 is 40.0 Å². The quantitative estimate of drug-likeness (QED) is 0.369. The van der Waals surface area contributed by atoms with E-state index >= 15 is 0 Å². The van der Waals surface area contributed by atoms with Crippen molar-refractivity contribution in [1.82, 2.24) is 19.8 Å². The van der Waals surface area contributed by atoms with Crippen LogP contribution in [0.2, 0.25) is 0 Å². The van der Waals surface area contributed by atoms with E-state index < -0.39 is 62.2 Å². The minimum Gasteiger partial charge on any atom is -0.353 e. The average molecular weight is 631 g/mol. The summed E-state index contributed by atoms with van der Waals surface area (Å²) in [6, 6.07) is 5.63. The number of piperazine rings is 1. The molecule has 2 aliphatic rings. The number of hydrogen-bond acceptors (Lipinski definition) is 5. The standard InChI is InChI=1S/C29H35F5N4O4S/c1-2-3-9-37-17-20(14-27(37)39)28(40)36-23(13-19-11-21(30)15-22(31)12-19)16-24-18-38(10-8-35-24)43(41,42)26-7-5-4-6-25(26)29(32,33)34/h4-7,11-12,15,20,23-24,35H,2-3,8-10,13-14,16-18H2,1H3,(H,36,40)/t20?,23?,24-/m0/s1. The van der Waals surface area contributed by atoms with Crippen LogP contribution in [0.4, 0.5) is 22.0 Å². The molecule has 2 aliphatic heterocycles. The molecule has 0 radical (unpaired) electrons. The summed E-state index contributed by atoms with van der Waals surface area (Å²) >= 11 is 0. The van der Waals surface area contributed by atoms with Gasteiger partial charge in [-0.05, 0) is 49.1 Å². The number of unbranched alkanes of at least 4 members (excludes halogenated alkanes) is 1. The predicted octanol–water partition coefficient (Wildman–Crippen LogP) is 3.71. The van der Waals surface area contributed by atoms with E-state index in [-0.39, 0.29) is 56.9 Å². The first-order chi connectivity index (χ1) is 20.3. The van der Waals surface area contributed by atoms with Crippen LogP contribution in [-0.2, 0) is 32.2 Å². The molecular formula is C29H35F5N4O4S. The van der Waals surface area contributed by atoms with Gasteiger partial charge in [0.2, 0.25) is 21.8 Å². The zero-order valence-electron chi connectivity index (χ0n) is 23.7. The van der Waals surface area contributed by atoms with Gasteiger partial charge in [-0.2, -0.15) is 17.5 Å². The van der Waals surface area contributed by atoms with Crippen LogP contribution in [0.5, 0.6) is 0 Å². The Morgan fingerprint density at radius 1 is 1.12 bits per heavy atom. The van der Waals surface area contributed by atoms with Gasteiger partial charge in [-0.3, -0.25) is 9.59 Å². The van der Waals surface area contributed by atoms with E-state index in [0.717, 1.165) is 47.5 Å². The first-order valence-electron chi connectivity index (χ1n) is 14.2. The SMILES string of the molecule is CCCCN1CC(C(=O)NC(Cc2cc(F)cc(F)c2)C[C@H]2CN(S(=O)(=O)c3ccccc3C(F)(F)F)CCN2)CC1=O. The molecule has 0 aliphatic carbocycles. The van der Waals surface area contributed by atoms with Crippen molar-refractivity contribution >= 4 is 21.8 Å². The molecule has 2 fully saturated rings. The maximum atomic E-state index is 14.0. The highest BCUT2D eigenvalue weighted by Gasteiger charge is 2.40. The Balaban J connectivity index is 1.52. The average Bonchev–Trinajstić information content (AvgIpc) is 3.31. The number of carbonyl (C=O) groups excluding carboxylic acids is 2. The Morgan fingerprint density at radius 3 is 2.49 bits per heavy atom. The van der Waals surface area contributed by atoms with Crippen molar-refractivity contribution in [2.45, 2.75) is 62.2 Å². The Kier molecular flexibility index (Phi) is 10.4. The van der Waals surface area contributed by atoms with Gasteiger partial charge in [0, 0.05) is 57.3 Å². The maximum absolute atomic E-state index is 14.0. The fraction of sp³-hybridized carbons (Fsp3) is 0.517. The summed E-state index contributed by atoms with van der Waals surface area (Å²) in [4.78, 5) is 26.5. The van der Waals surface area contributed by atoms with Crippen molar-refractivity contribution in [1.29, 1.82) is 0 Å². The van der Waals surface area contributed by atoms with Crippen LogP contribution < -0.4 is 10.6 Å². The summed E-state index contributed by atoms with van der Waals surface area (Å²) in [6.45, 7) is 2.65. The number of sulfonamides is 1. The van der Waals surface area contributed by atoms with Crippen LogP contribution in [0.3, 0.4) is 0 Å². The molecule has 0 aromatic heterocycles. The molecule has 0 spiro atoms. The molecule has 14 heteroatoms. The molecule has 2 heterocycles. The Hall–Kier alpha value is -3.10. The molecule has 2 N–H and O–H groups in total. The maximum Gasteiger partial charge on any atom is 0.417 e. The van der Waals surface area contributed by atoms with Crippen LogP contribution >= 0.6 is 0 Å². The van der Waals surface area contributed by atoms with Crippen LogP contribution in [0.15, 0.2) is 47.4 Å².